The number of Topliss-reactive ketones (excluding diaryl/α,β-unsaturated/α-hetero) is 1. The Labute approximate surface area is 127 Å². The van der Waals surface area contributed by atoms with Gasteiger partial charge in [0.05, 0.1) is 19.4 Å². The van der Waals surface area contributed by atoms with Gasteiger partial charge in [-0.25, -0.2) is 13.1 Å². The van der Waals surface area contributed by atoms with Crippen molar-refractivity contribution in [1.29, 1.82) is 0 Å². The average molecular weight is 324 g/mol. The van der Waals surface area contributed by atoms with Crippen LogP contribution in [0.15, 0.2) is 0 Å². The molecular formula is C13H28N2O5S. The summed E-state index contributed by atoms with van der Waals surface area (Å²) < 4.78 is 24.1. The number of carbonyl (C=O) groups excluding carboxylic acids is 1. The van der Waals surface area contributed by atoms with E-state index in [2.05, 4.69) is 4.72 Å². The molecule has 0 fully saturated rings. The molecule has 0 saturated carbocycles. The third-order valence-corrected chi connectivity index (χ3v) is 3.43. The lowest BCUT2D eigenvalue weighted by Crippen LogP contribution is -2.39. The first-order valence-corrected chi connectivity index (χ1v) is 9.10. The van der Waals surface area contributed by atoms with E-state index in [1.165, 1.54) is 0 Å². The van der Waals surface area contributed by atoms with E-state index in [1.807, 2.05) is 6.92 Å². The van der Waals surface area contributed by atoms with Crippen LogP contribution < -0.4 is 4.72 Å². The first-order chi connectivity index (χ1) is 9.67. The molecule has 0 heterocycles. The zero-order valence-electron chi connectivity index (χ0n) is 13.3. The van der Waals surface area contributed by atoms with Crippen molar-refractivity contribution in [3.05, 3.63) is 0 Å². The van der Waals surface area contributed by atoms with Crippen LogP contribution in [-0.2, 0) is 19.7 Å². The Morgan fingerprint density at radius 2 is 2.00 bits per heavy atom. The molecule has 2 N–H and O–H groups in total. The monoisotopic (exact) mass is 324 g/mol. The highest BCUT2D eigenvalue weighted by Gasteiger charge is 2.21. The molecule has 0 bridgehead atoms. The van der Waals surface area contributed by atoms with E-state index in [4.69, 9.17) is 4.84 Å². The Morgan fingerprint density at radius 3 is 2.48 bits per heavy atom. The standard InChI is InChI=1S/C13H28N2O5S/c1-5-8-15(10-12(16)13(17)11(2)3)20-9-6-7-14-21(4,18)19/h11-12,14,16H,5-10H2,1-4H3. The van der Waals surface area contributed by atoms with Crippen molar-refractivity contribution in [2.45, 2.75) is 39.7 Å². The smallest absolute Gasteiger partial charge is 0.208 e. The molecule has 0 radical (unpaired) electrons. The fourth-order valence-corrected chi connectivity index (χ4v) is 2.16. The van der Waals surface area contributed by atoms with Gasteiger partial charge in [0.15, 0.2) is 5.78 Å². The van der Waals surface area contributed by atoms with Crippen LogP contribution in [0.3, 0.4) is 0 Å². The summed E-state index contributed by atoms with van der Waals surface area (Å²) in [6, 6.07) is 0. The van der Waals surface area contributed by atoms with Crippen LogP contribution in [0.2, 0.25) is 0 Å². The van der Waals surface area contributed by atoms with Gasteiger partial charge in [-0.2, -0.15) is 5.06 Å². The van der Waals surface area contributed by atoms with E-state index in [0.717, 1.165) is 12.7 Å². The molecular weight excluding hydrogens is 296 g/mol. The van der Waals surface area contributed by atoms with Crippen LogP contribution in [0.4, 0.5) is 0 Å². The summed E-state index contributed by atoms with van der Waals surface area (Å²) >= 11 is 0. The summed E-state index contributed by atoms with van der Waals surface area (Å²) in [5, 5.41) is 11.4. The molecule has 0 aliphatic carbocycles. The van der Waals surface area contributed by atoms with Crippen molar-refractivity contribution in [3.8, 4) is 0 Å². The topological polar surface area (TPSA) is 95.9 Å². The molecule has 21 heavy (non-hydrogen) atoms. The van der Waals surface area contributed by atoms with Gasteiger partial charge in [-0.1, -0.05) is 20.8 Å². The van der Waals surface area contributed by atoms with E-state index in [9.17, 15) is 18.3 Å². The molecule has 0 spiro atoms. The Balaban J connectivity index is 4.10. The van der Waals surface area contributed by atoms with Gasteiger partial charge in [-0.15, -0.1) is 0 Å². The number of rotatable bonds is 12. The van der Waals surface area contributed by atoms with Gasteiger partial charge in [-0.05, 0) is 12.8 Å². The molecule has 0 amide bonds. The lowest BCUT2D eigenvalue weighted by molar-refractivity contribution is -0.177. The lowest BCUT2D eigenvalue weighted by Gasteiger charge is -2.24. The van der Waals surface area contributed by atoms with Crippen molar-refractivity contribution in [1.82, 2.24) is 9.79 Å². The highest BCUT2D eigenvalue weighted by atomic mass is 32.2. The number of aliphatic hydroxyl groups is 1. The second kappa shape index (κ2) is 10.2. The summed E-state index contributed by atoms with van der Waals surface area (Å²) in [5.41, 5.74) is 0. The third kappa shape index (κ3) is 10.8. The normalized spacial score (nSPS) is 13.9. The van der Waals surface area contributed by atoms with E-state index < -0.39 is 16.1 Å². The number of nitrogens with zero attached hydrogens (tertiary/aromatic N) is 1. The SMILES string of the molecule is CCCN(CC(O)C(=O)C(C)C)OCCCNS(C)(=O)=O. The Kier molecular flexibility index (Phi) is 9.97. The van der Waals surface area contributed by atoms with E-state index in [1.54, 1.807) is 18.9 Å². The fourth-order valence-electron chi connectivity index (χ4n) is 1.65. The van der Waals surface area contributed by atoms with Crippen molar-refractivity contribution in [2.75, 3.05) is 32.5 Å². The maximum Gasteiger partial charge on any atom is 0.208 e. The fraction of sp³-hybridized carbons (Fsp3) is 0.923. The molecule has 0 aliphatic heterocycles. The van der Waals surface area contributed by atoms with E-state index in [0.29, 0.717) is 26.1 Å². The first-order valence-electron chi connectivity index (χ1n) is 7.21. The number of ketones is 1. The van der Waals surface area contributed by atoms with E-state index in [-0.39, 0.29) is 18.2 Å². The summed E-state index contributed by atoms with van der Waals surface area (Å²) in [6.07, 6.45) is 1.38. The maximum absolute atomic E-state index is 11.7. The van der Waals surface area contributed by atoms with E-state index >= 15 is 0 Å². The minimum absolute atomic E-state index is 0.129. The van der Waals surface area contributed by atoms with Gasteiger partial charge in [0, 0.05) is 19.0 Å². The molecule has 0 aliphatic rings. The quantitative estimate of drug-likeness (QED) is 0.392. The molecule has 0 aromatic rings. The molecule has 1 unspecified atom stereocenters. The molecule has 7 nitrogen and oxygen atoms in total. The number of hydroxylamine groups is 2. The van der Waals surface area contributed by atoms with Gasteiger partial charge >= 0.3 is 0 Å². The zero-order chi connectivity index (χ0) is 16.5. The largest absolute Gasteiger partial charge is 0.384 e. The maximum atomic E-state index is 11.7. The predicted octanol–water partition coefficient (Wildman–Crippen LogP) is 0.155. The Hall–Kier alpha value is -0.540. The molecule has 0 aromatic carbocycles. The van der Waals surface area contributed by atoms with Gasteiger partial charge in [0.1, 0.15) is 6.10 Å². The van der Waals surface area contributed by atoms with Gasteiger partial charge < -0.3 is 5.11 Å². The summed E-state index contributed by atoms with van der Waals surface area (Å²) in [6.45, 7) is 6.81. The second-order valence-corrected chi connectivity index (χ2v) is 7.15. The van der Waals surface area contributed by atoms with Gasteiger partial charge in [0.2, 0.25) is 10.0 Å². The number of hydrogen-bond donors (Lipinski definition) is 2. The summed E-state index contributed by atoms with van der Waals surface area (Å²) in [7, 11) is -3.18. The predicted molar refractivity (Wildman–Crippen MR) is 81.1 cm³/mol. The summed E-state index contributed by atoms with van der Waals surface area (Å²) in [4.78, 5) is 17.1. The van der Waals surface area contributed by atoms with Crippen molar-refractivity contribution in [2.24, 2.45) is 5.92 Å². The van der Waals surface area contributed by atoms with Crippen molar-refractivity contribution in [3.63, 3.8) is 0 Å². The second-order valence-electron chi connectivity index (χ2n) is 5.31. The minimum atomic E-state index is -3.18. The zero-order valence-corrected chi connectivity index (χ0v) is 14.1. The average Bonchev–Trinajstić information content (AvgIpc) is 2.35. The van der Waals surface area contributed by atoms with Crippen LogP contribution >= 0.6 is 0 Å². The first kappa shape index (κ1) is 20.5. The van der Waals surface area contributed by atoms with Gasteiger partial charge in [0.25, 0.3) is 0 Å². The molecule has 0 rings (SSSR count). The van der Waals surface area contributed by atoms with Crippen LogP contribution in [0, 0.1) is 5.92 Å². The van der Waals surface area contributed by atoms with Crippen molar-refractivity contribution >= 4 is 15.8 Å². The lowest BCUT2D eigenvalue weighted by atomic mass is 10.0. The number of sulfonamides is 1. The molecule has 0 saturated heterocycles. The molecule has 8 heteroatoms. The van der Waals surface area contributed by atoms with Crippen molar-refractivity contribution < 1.29 is 23.2 Å². The van der Waals surface area contributed by atoms with Crippen LogP contribution in [0.1, 0.15) is 33.6 Å². The number of carbonyl (C=O) groups is 1. The minimum Gasteiger partial charge on any atom is -0.384 e. The highest BCUT2D eigenvalue weighted by molar-refractivity contribution is 7.88. The Morgan fingerprint density at radius 1 is 1.38 bits per heavy atom. The van der Waals surface area contributed by atoms with Crippen LogP contribution in [-0.4, -0.2) is 63.0 Å². The number of nitrogens with one attached hydrogen (secondary N) is 1. The van der Waals surface area contributed by atoms with Gasteiger partial charge in [-0.3, -0.25) is 9.63 Å². The third-order valence-electron chi connectivity index (χ3n) is 2.71. The number of aliphatic hydroxyl groups excluding tert-OH is 1. The number of hydrogen-bond acceptors (Lipinski definition) is 6. The molecule has 1 atom stereocenters. The Bertz CT molecular complexity index is 397. The molecule has 0 aromatic heterocycles. The van der Waals surface area contributed by atoms with Crippen LogP contribution in [0.25, 0.3) is 0 Å². The molecule has 126 valence electrons. The van der Waals surface area contributed by atoms with Crippen LogP contribution in [0.5, 0.6) is 0 Å². The highest BCUT2D eigenvalue weighted by Crippen LogP contribution is 2.04. The summed E-state index contributed by atoms with van der Waals surface area (Å²) in [5.74, 6) is -0.430.